The molecule has 1 amide bonds. The maximum absolute atomic E-state index is 12.5. The van der Waals surface area contributed by atoms with Crippen molar-refractivity contribution in [3.05, 3.63) is 17.5 Å². The Morgan fingerprint density at radius 3 is 2.83 bits per heavy atom. The lowest BCUT2D eigenvalue weighted by atomic mass is 9.80. The number of ether oxygens (including phenoxy) is 1. The molecule has 0 aliphatic carbocycles. The second-order valence-corrected chi connectivity index (χ2v) is 5.91. The van der Waals surface area contributed by atoms with Gasteiger partial charge in [-0.05, 0) is 12.8 Å². The van der Waals surface area contributed by atoms with Crippen molar-refractivity contribution in [2.45, 2.75) is 31.5 Å². The van der Waals surface area contributed by atoms with Crippen LogP contribution in [0, 0.1) is 5.92 Å². The van der Waals surface area contributed by atoms with E-state index in [9.17, 15) is 23.1 Å². The molecule has 2 atom stereocenters. The molecule has 0 unspecified atom stereocenters. The number of piperidine rings is 1. The molecule has 6 nitrogen and oxygen atoms in total. The molecule has 9 heteroatoms. The lowest BCUT2D eigenvalue weighted by Gasteiger charge is -2.43. The van der Waals surface area contributed by atoms with Gasteiger partial charge in [0.2, 0.25) is 0 Å². The number of alkyl halides is 3. The van der Waals surface area contributed by atoms with Crippen LogP contribution in [0.4, 0.5) is 13.2 Å². The molecule has 2 heterocycles. The van der Waals surface area contributed by atoms with Crippen molar-refractivity contribution >= 4 is 5.91 Å². The normalized spacial score (nSPS) is 25.7. The number of aromatic amines is 1. The number of hydrogen-bond acceptors (Lipinski definition) is 4. The summed E-state index contributed by atoms with van der Waals surface area (Å²) in [7, 11) is 1.54. The van der Waals surface area contributed by atoms with Crippen LogP contribution < -0.4 is 0 Å². The highest BCUT2D eigenvalue weighted by Crippen LogP contribution is 2.32. The molecule has 1 aromatic rings. The maximum atomic E-state index is 12.5. The van der Waals surface area contributed by atoms with Crippen LogP contribution in [0.3, 0.4) is 0 Å². The molecule has 1 aromatic heterocycles. The van der Waals surface area contributed by atoms with Gasteiger partial charge in [-0.1, -0.05) is 6.92 Å². The highest BCUT2D eigenvalue weighted by Gasteiger charge is 2.41. The molecular weight excluding hydrogens is 315 g/mol. The number of carbonyl (C=O) groups is 1. The van der Waals surface area contributed by atoms with E-state index in [-0.39, 0.29) is 24.7 Å². The largest absolute Gasteiger partial charge is 0.432 e. The van der Waals surface area contributed by atoms with E-state index in [4.69, 9.17) is 4.74 Å². The molecule has 23 heavy (non-hydrogen) atoms. The number of halogens is 3. The summed E-state index contributed by atoms with van der Waals surface area (Å²) < 4.78 is 42.6. The topological polar surface area (TPSA) is 78.5 Å². The van der Waals surface area contributed by atoms with Gasteiger partial charge in [-0.2, -0.15) is 18.3 Å². The Labute approximate surface area is 131 Å². The monoisotopic (exact) mass is 335 g/mol. The second-order valence-electron chi connectivity index (χ2n) is 5.91. The van der Waals surface area contributed by atoms with E-state index in [1.54, 1.807) is 14.0 Å². The van der Waals surface area contributed by atoms with Gasteiger partial charge in [-0.25, -0.2) is 0 Å². The first-order chi connectivity index (χ1) is 10.7. The van der Waals surface area contributed by atoms with Crippen molar-refractivity contribution in [2.75, 3.05) is 26.8 Å². The van der Waals surface area contributed by atoms with E-state index in [1.807, 2.05) is 5.10 Å². The molecule has 1 aliphatic heterocycles. The van der Waals surface area contributed by atoms with E-state index in [1.165, 1.54) is 4.90 Å². The van der Waals surface area contributed by atoms with Crippen molar-refractivity contribution in [1.82, 2.24) is 15.1 Å². The van der Waals surface area contributed by atoms with Crippen molar-refractivity contribution in [3.8, 4) is 0 Å². The third kappa shape index (κ3) is 3.84. The van der Waals surface area contributed by atoms with Crippen LogP contribution in [0.15, 0.2) is 6.07 Å². The fraction of sp³-hybridized carbons (Fsp3) is 0.714. The van der Waals surface area contributed by atoms with Crippen LogP contribution in [-0.2, 0) is 10.9 Å². The van der Waals surface area contributed by atoms with Crippen molar-refractivity contribution < 1.29 is 27.8 Å². The van der Waals surface area contributed by atoms with Crippen molar-refractivity contribution in [3.63, 3.8) is 0 Å². The highest BCUT2D eigenvalue weighted by atomic mass is 19.4. The van der Waals surface area contributed by atoms with Crippen LogP contribution in [0.2, 0.25) is 0 Å². The first-order valence-electron chi connectivity index (χ1n) is 7.30. The summed E-state index contributed by atoms with van der Waals surface area (Å²) in [6.07, 6.45) is -3.77. The number of aliphatic hydroxyl groups is 1. The molecular formula is C14H20F3N3O3. The number of nitrogens with zero attached hydrogens (tertiary/aromatic N) is 2. The van der Waals surface area contributed by atoms with Crippen molar-refractivity contribution in [2.24, 2.45) is 5.92 Å². The van der Waals surface area contributed by atoms with Gasteiger partial charge in [0.15, 0.2) is 5.69 Å². The second kappa shape index (κ2) is 6.48. The predicted molar refractivity (Wildman–Crippen MR) is 74.7 cm³/mol. The standard InChI is InChI=1S/C14H20F3N3O3/c1-9-8-20(5-3-13(9,22)4-6-23-2)12(21)10-7-11(19-18-10)14(15,16)17/h7,9,22H,3-6,8H2,1-2H3,(H,18,19)/t9-,13-/m0/s1. The zero-order chi connectivity index (χ0) is 17.3. The van der Waals surface area contributed by atoms with Crippen molar-refractivity contribution in [1.29, 1.82) is 0 Å². The molecule has 2 N–H and O–H groups in total. The van der Waals surface area contributed by atoms with Crippen LogP contribution in [-0.4, -0.2) is 58.5 Å². The number of hydrogen-bond donors (Lipinski definition) is 2. The zero-order valence-corrected chi connectivity index (χ0v) is 13.0. The predicted octanol–water partition coefficient (Wildman–Crippen LogP) is 1.68. The first-order valence-corrected chi connectivity index (χ1v) is 7.30. The lowest BCUT2D eigenvalue weighted by Crippen LogP contribution is -2.53. The van der Waals surface area contributed by atoms with E-state index < -0.39 is 23.4 Å². The summed E-state index contributed by atoms with van der Waals surface area (Å²) in [4.78, 5) is 13.7. The molecule has 1 saturated heterocycles. The SMILES string of the molecule is COCC[C@@]1(O)CCN(C(=O)c2cc(C(F)(F)F)[nH]n2)C[C@@H]1C. The molecule has 130 valence electrons. The van der Waals surface area contributed by atoms with E-state index in [0.29, 0.717) is 25.5 Å². The molecule has 2 rings (SSSR count). The third-order valence-corrected chi connectivity index (χ3v) is 4.35. The first kappa shape index (κ1) is 17.7. The number of aromatic nitrogens is 2. The maximum Gasteiger partial charge on any atom is 0.432 e. The Morgan fingerprint density at radius 1 is 1.61 bits per heavy atom. The average Bonchev–Trinajstić information content (AvgIpc) is 2.97. The van der Waals surface area contributed by atoms with E-state index >= 15 is 0 Å². The minimum atomic E-state index is -4.57. The van der Waals surface area contributed by atoms with Gasteiger partial charge in [0.05, 0.1) is 5.60 Å². The molecule has 0 spiro atoms. The summed E-state index contributed by atoms with van der Waals surface area (Å²) in [6.45, 7) is 2.73. The Hall–Kier alpha value is -1.61. The van der Waals surface area contributed by atoms with Crippen LogP contribution in [0.25, 0.3) is 0 Å². The molecule has 0 aromatic carbocycles. The van der Waals surface area contributed by atoms with E-state index in [2.05, 4.69) is 5.10 Å². The number of likely N-dealkylation sites (tertiary alicyclic amines) is 1. The number of nitrogens with one attached hydrogen (secondary N) is 1. The summed E-state index contributed by atoms with van der Waals surface area (Å²) in [5, 5.41) is 15.8. The van der Waals surface area contributed by atoms with Gasteiger partial charge in [0, 0.05) is 38.8 Å². The van der Waals surface area contributed by atoms with Gasteiger partial charge in [0.1, 0.15) is 5.69 Å². The average molecular weight is 335 g/mol. The highest BCUT2D eigenvalue weighted by molar-refractivity contribution is 5.92. The summed E-state index contributed by atoms with van der Waals surface area (Å²) >= 11 is 0. The van der Waals surface area contributed by atoms with E-state index in [0.717, 1.165) is 0 Å². The number of rotatable bonds is 4. The van der Waals surface area contributed by atoms with Crippen LogP contribution in [0.5, 0.6) is 0 Å². The number of amides is 1. The molecule has 1 fully saturated rings. The number of methoxy groups -OCH3 is 1. The summed E-state index contributed by atoms with van der Waals surface area (Å²) in [5.41, 5.74) is -2.26. The van der Waals surface area contributed by atoms with Crippen LogP contribution in [0.1, 0.15) is 35.9 Å². The smallest absolute Gasteiger partial charge is 0.389 e. The summed E-state index contributed by atoms with van der Waals surface area (Å²) in [5.74, 6) is -0.784. The zero-order valence-electron chi connectivity index (χ0n) is 13.0. The lowest BCUT2D eigenvalue weighted by molar-refractivity contribution is -0.141. The van der Waals surface area contributed by atoms with Gasteiger partial charge in [0.25, 0.3) is 5.91 Å². The molecule has 0 saturated carbocycles. The fourth-order valence-electron chi connectivity index (χ4n) is 2.74. The molecule has 0 bridgehead atoms. The Morgan fingerprint density at radius 2 is 2.30 bits per heavy atom. The number of H-pyrrole nitrogens is 1. The Balaban J connectivity index is 2.04. The van der Waals surface area contributed by atoms with Crippen LogP contribution >= 0.6 is 0 Å². The van der Waals surface area contributed by atoms with Gasteiger partial charge in [-0.15, -0.1) is 0 Å². The third-order valence-electron chi connectivity index (χ3n) is 4.35. The minimum absolute atomic E-state index is 0.212. The molecule has 1 aliphatic rings. The van der Waals surface area contributed by atoms with Gasteiger partial charge in [-0.3, -0.25) is 9.89 Å². The quantitative estimate of drug-likeness (QED) is 0.877. The minimum Gasteiger partial charge on any atom is -0.389 e. The van der Waals surface area contributed by atoms with Gasteiger partial charge >= 0.3 is 6.18 Å². The van der Waals surface area contributed by atoms with Gasteiger partial charge < -0.3 is 14.7 Å². The Bertz CT molecular complexity index is 561. The summed E-state index contributed by atoms with van der Waals surface area (Å²) in [6, 6.07) is 0.707. The number of carbonyl (C=O) groups excluding carboxylic acids is 1. The fourth-order valence-corrected chi connectivity index (χ4v) is 2.74. The molecule has 0 radical (unpaired) electrons. The Kier molecular flexibility index (Phi) is 5.00.